The van der Waals surface area contributed by atoms with E-state index in [1.165, 1.54) is 22.5 Å². The molecular weight excluding hydrogens is 244 g/mol. The smallest absolute Gasteiger partial charge is 0.0396 e. The van der Waals surface area contributed by atoms with Crippen LogP contribution in [0.15, 0.2) is 48.5 Å². The van der Waals surface area contributed by atoms with Crippen LogP contribution < -0.4 is 10.2 Å². The van der Waals surface area contributed by atoms with Gasteiger partial charge in [0.25, 0.3) is 0 Å². The summed E-state index contributed by atoms with van der Waals surface area (Å²) in [5.41, 5.74) is 5.48. The molecule has 1 N–H and O–H groups in total. The van der Waals surface area contributed by atoms with E-state index in [-0.39, 0.29) is 0 Å². The average Bonchev–Trinajstić information content (AvgIpc) is 2.89. The lowest BCUT2D eigenvalue weighted by Crippen LogP contribution is -2.29. The van der Waals surface area contributed by atoms with E-state index in [1.54, 1.807) is 0 Å². The molecule has 0 amide bonds. The van der Waals surface area contributed by atoms with Gasteiger partial charge < -0.3 is 10.2 Å². The number of fused-ring (bicyclic) bond motifs is 1. The first kappa shape index (κ1) is 13.0. The molecule has 20 heavy (non-hydrogen) atoms. The van der Waals surface area contributed by atoms with Crippen molar-refractivity contribution in [3.63, 3.8) is 0 Å². The lowest BCUT2D eigenvalue weighted by atomic mass is 10.00. The molecule has 1 aliphatic rings. The van der Waals surface area contributed by atoms with Gasteiger partial charge >= 0.3 is 0 Å². The zero-order chi connectivity index (χ0) is 13.9. The Kier molecular flexibility index (Phi) is 3.64. The van der Waals surface area contributed by atoms with Crippen LogP contribution in [0.4, 0.5) is 11.4 Å². The van der Waals surface area contributed by atoms with Gasteiger partial charge in [-0.25, -0.2) is 0 Å². The van der Waals surface area contributed by atoms with Crippen LogP contribution >= 0.6 is 0 Å². The van der Waals surface area contributed by atoms with E-state index in [0.29, 0.717) is 5.92 Å². The van der Waals surface area contributed by atoms with Gasteiger partial charge in [0.05, 0.1) is 0 Å². The number of likely N-dealkylation sites (N-methyl/N-ethyl adjacent to an activating group) is 1. The minimum absolute atomic E-state index is 0.575. The maximum absolute atomic E-state index is 3.52. The Balaban J connectivity index is 1.82. The molecule has 1 atom stereocenters. The minimum atomic E-state index is 0.575. The Morgan fingerprint density at radius 3 is 2.65 bits per heavy atom. The van der Waals surface area contributed by atoms with Crippen LogP contribution in [0.2, 0.25) is 0 Å². The zero-order valence-electron chi connectivity index (χ0n) is 12.3. The SMILES string of the molecule is CCN(CC1CNc2ccccc21)c1ccccc1C. The fraction of sp³-hybridized carbons (Fsp3) is 0.333. The number of hydrogen-bond acceptors (Lipinski definition) is 2. The molecule has 0 spiro atoms. The van der Waals surface area contributed by atoms with Gasteiger partial charge in [-0.15, -0.1) is 0 Å². The molecule has 0 aliphatic carbocycles. The second-order valence-corrected chi connectivity index (χ2v) is 5.49. The zero-order valence-corrected chi connectivity index (χ0v) is 12.3. The van der Waals surface area contributed by atoms with Crippen molar-refractivity contribution < 1.29 is 0 Å². The summed E-state index contributed by atoms with van der Waals surface area (Å²) in [4.78, 5) is 2.49. The van der Waals surface area contributed by atoms with Crippen molar-refractivity contribution in [2.75, 3.05) is 29.9 Å². The molecular formula is C18H22N2. The molecule has 2 heteroatoms. The van der Waals surface area contributed by atoms with Gasteiger partial charge in [-0.1, -0.05) is 36.4 Å². The van der Waals surface area contributed by atoms with Crippen molar-refractivity contribution in [1.82, 2.24) is 0 Å². The number of nitrogens with one attached hydrogen (secondary N) is 1. The van der Waals surface area contributed by atoms with Crippen molar-refractivity contribution in [3.05, 3.63) is 59.7 Å². The summed E-state index contributed by atoms with van der Waals surface area (Å²) < 4.78 is 0. The standard InChI is InChI=1S/C18H22N2/c1-3-20(18-11-7-4-8-14(18)2)13-15-12-19-17-10-6-5-9-16(15)17/h4-11,15,19H,3,12-13H2,1-2H3. The normalized spacial score (nSPS) is 16.6. The molecule has 0 saturated carbocycles. The lowest BCUT2D eigenvalue weighted by Gasteiger charge is -2.28. The molecule has 0 bridgehead atoms. The number of anilines is 2. The number of benzene rings is 2. The molecule has 104 valence electrons. The van der Waals surface area contributed by atoms with Crippen LogP contribution in [-0.2, 0) is 0 Å². The summed E-state index contributed by atoms with van der Waals surface area (Å²) >= 11 is 0. The maximum Gasteiger partial charge on any atom is 0.0396 e. The summed E-state index contributed by atoms with van der Waals surface area (Å²) in [6.07, 6.45) is 0. The van der Waals surface area contributed by atoms with Gasteiger partial charge in [-0.2, -0.15) is 0 Å². The second-order valence-electron chi connectivity index (χ2n) is 5.49. The van der Waals surface area contributed by atoms with Crippen molar-refractivity contribution in [3.8, 4) is 0 Å². The van der Waals surface area contributed by atoms with E-state index in [1.807, 2.05) is 0 Å². The summed E-state index contributed by atoms with van der Waals surface area (Å²) in [5, 5.41) is 3.52. The van der Waals surface area contributed by atoms with E-state index in [9.17, 15) is 0 Å². The Hall–Kier alpha value is -1.96. The molecule has 2 aromatic carbocycles. The highest BCUT2D eigenvalue weighted by molar-refractivity contribution is 5.59. The molecule has 0 fully saturated rings. The van der Waals surface area contributed by atoms with Crippen molar-refractivity contribution >= 4 is 11.4 Å². The van der Waals surface area contributed by atoms with Gasteiger partial charge in [0.1, 0.15) is 0 Å². The van der Waals surface area contributed by atoms with E-state index < -0.39 is 0 Å². The van der Waals surface area contributed by atoms with Crippen LogP contribution in [0.3, 0.4) is 0 Å². The van der Waals surface area contributed by atoms with E-state index in [2.05, 4.69) is 72.6 Å². The summed E-state index contributed by atoms with van der Waals surface area (Å²) in [6.45, 7) is 7.59. The van der Waals surface area contributed by atoms with Crippen LogP contribution in [0.1, 0.15) is 24.0 Å². The fourth-order valence-electron chi connectivity index (χ4n) is 3.10. The number of hydrogen-bond donors (Lipinski definition) is 1. The molecule has 0 saturated heterocycles. The second kappa shape index (κ2) is 5.58. The lowest BCUT2D eigenvalue weighted by molar-refractivity contribution is 0.697. The quantitative estimate of drug-likeness (QED) is 0.898. The fourth-order valence-corrected chi connectivity index (χ4v) is 3.10. The highest BCUT2D eigenvalue weighted by Gasteiger charge is 2.23. The molecule has 1 unspecified atom stereocenters. The van der Waals surface area contributed by atoms with Gasteiger partial charge in [0.15, 0.2) is 0 Å². The van der Waals surface area contributed by atoms with Crippen molar-refractivity contribution in [2.24, 2.45) is 0 Å². The maximum atomic E-state index is 3.52. The predicted molar refractivity (Wildman–Crippen MR) is 86.7 cm³/mol. The topological polar surface area (TPSA) is 15.3 Å². The van der Waals surface area contributed by atoms with Gasteiger partial charge in [-0.3, -0.25) is 0 Å². The van der Waals surface area contributed by atoms with Crippen LogP contribution in [-0.4, -0.2) is 19.6 Å². The largest absolute Gasteiger partial charge is 0.384 e. The van der Waals surface area contributed by atoms with Gasteiger partial charge in [0.2, 0.25) is 0 Å². The third kappa shape index (κ3) is 2.38. The van der Waals surface area contributed by atoms with E-state index in [0.717, 1.165) is 19.6 Å². The van der Waals surface area contributed by atoms with Crippen molar-refractivity contribution in [1.29, 1.82) is 0 Å². The van der Waals surface area contributed by atoms with Crippen LogP contribution in [0, 0.1) is 6.92 Å². The third-order valence-corrected chi connectivity index (χ3v) is 4.22. The summed E-state index contributed by atoms with van der Waals surface area (Å²) in [5.74, 6) is 0.575. The van der Waals surface area contributed by atoms with Gasteiger partial charge in [0, 0.05) is 36.9 Å². The number of aryl methyl sites for hydroxylation is 1. The van der Waals surface area contributed by atoms with E-state index >= 15 is 0 Å². The van der Waals surface area contributed by atoms with Crippen LogP contribution in [0.5, 0.6) is 0 Å². The van der Waals surface area contributed by atoms with Crippen molar-refractivity contribution in [2.45, 2.75) is 19.8 Å². The molecule has 0 aromatic heterocycles. The number of rotatable bonds is 4. The molecule has 1 aliphatic heterocycles. The summed E-state index contributed by atoms with van der Waals surface area (Å²) in [6, 6.07) is 17.3. The number of nitrogens with zero attached hydrogens (tertiary/aromatic N) is 1. The molecule has 2 aromatic rings. The molecule has 2 nitrogen and oxygen atoms in total. The summed E-state index contributed by atoms with van der Waals surface area (Å²) in [7, 11) is 0. The Morgan fingerprint density at radius 1 is 1.10 bits per heavy atom. The average molecular weight is 266 g/mol. The van der Waals surface area contributed by atoms with E-state index in [4.69, 9.17) is 0 Å². The third-order valence-electron chi connectivity index (χ3n) is 4.22. The van der Waals surface area contributed by atoms with Gasteiger partial charge in [-0.05, 0) is 37.1 Å². The first-order chi connectivity index (χ1) is 9.79. The molecule has 0 radical (unpaired) electrons. The Morgan fingerprint density at radius 2 is 1.85 bits per heavy atom. The monoisotopic (exact) mass is 266 g/mol. The number of para-hydroxylation sites is 2. The molecule has 1 heterocycles. The minimum Gasteiger partial charge on any atom is -0.384 e. The van der Waals surface area contributed by atoms with Crippen LogP contribution in [0.25, 0.3) is 0 Å². The highest BCUT2D eigenvalue weighted by Crippen LogP contribution is 2.33. The molecule has 3 rings (SSSR count). The Bertz CT molecular complexity index is 591. The highest BCUT2D eigenvalue weighted by atomic mass is 15.1. The first-order valence-corrected chi connectivity index (χ1v) is 7.43. The predicted octanol–water partition coefficient (Wildman–Crippen LogP) is 4.03. The first-order valence-electron chi connectivity index (χ1n) is 7.43. The Labute approximate surface area is 121 Å².